The first-order valence-corrected chi connectivity index (χ1v) is 9.29. The van der Waals surface area contributed by atoms with Gasteiger partial charge in [-0.2, -0.15) is 0 Å². The lowest BCUT2D eigenvalue weighted by molar-refractivity contribution is -0.117. The molecule has 3 rings (SSSR count). The van der Waals surface area contributed by atoms with E-state index in [0.717, 1.165) is 22.7 Å². The molecule has 144 valence electrons. The highest BCUT2D eigenvalue weighted by Crippen LogP contribution is 2.31. The van der Waals surface area contributed by atoms with Crippen molar-refractivity contribution in [1.82, 2.24) is 4.90 Å². The Kier molecular flexibility index (Phi) is 5.71. The summed E-state index contributed by atoms with van der Waals surface area (Å²) < 4.78 is 11.2. The van der Waals surface area contributed by atoms with Gasteiger partial charge in [-0.05, 0) is 47.9 Å². The summed E-state index contributed by atoms with van der Waals surface area (Å²) >= 11 is 0. The summed E-state index contributed by atoms with van der Waals surface area (Å²) in [5.74, 6) is 1.53. The predicted molar refractivity (Wildman–Crippen MR) is 108 cm³/mol. The van der Waals surface area contributed by atoms with E-state index < -0.39 is 0 Å². The molecular formula is C22H28N2O3. The van der Waals surface area contributed by atoms with Gasteiger partial charge in [-0.1, -0.05) is 39.0 Å². The second-order valence-electron chi connectivity index (χ2n) is 8.03. The summed E-state index contributed by atoms with van der Waals surface area (Å²) in [4.78, 5) is 14.3. The fourth-order valence-corrected chi connectivity index (χ4v) is 3.05. The van der Waals surface area contributed by atoms with Crippen LogP contribution in [0.5, 0.6) is 11.5 Å². The van der Waals surface area contributed by atoms with E-state index in [4.69, 9.17) is 9.47 Å². The van der Waals surface area contributed by atoms with Crippen molar-refractivity contribution in [2.75, 3.05) is 32.1 Å². The van der Waals surface area contributed by atoms with E-state index in [2.05, 4.69) is 38.2 Å². The predicted octanol–water partition coefficient (Wildman–Crippen LogP) is 3.83. The standard InChI is InChI=1S/C22H28N2O3/c1-22(2,3)17-6-8-18(9-7-17)23-21(25)15-24(4)14-16-5-10-19-20(13-16)27-12-11-26-19/h5-10,13H,11-12,14-15H2,1-4H3,(H,23,25). The maximum absolute atomic E-state index is 12.3. The largest absolute Gasteiger partial charge is 0.486 e. The number of rotatable bonds is 5. The molecule has 0 saturated carbocycles. The molecule has 0 spiro atoms. The lowest BCUT2D eigenvalue weighted by atomic mass is 9.87. The van der Waals surface area contributed by atoms with E-state index in [1.54, 1.807) is 0 Å². The third-order valence-corrected chi connectivity index (χ3v) is 4.51. The van der Waals surface area contributed by atoms with Crippen molar-refractivity contribution >= 4 is 11.6 Å². The van der Waals surface area contributed by atoms with E-state index in [1.807, 2.05) is 42.3 Å². The van der Waals surface area contributed by atoms with E-state index >= 15 is 0 Å². The first-order valence-electron chi connectivity index (χ1n) is 9.29. The molecule has 1 aliphatic heterocycles. The van der Waals surface area contributed by atoms with E-state index in [-0.39, 0.29) is 11.3 Å². The maximum Gasteiger partial charge on any atom is 0.238 e. The molecule has 1 heterocycles. The van der Waals surface area contributed by atoms with Crippen molar-refractivity contribution in [3.8, 4) is 11.5 Å². The van der Waals surface area contributed by atoms with Gasteiger partial charge in [-0.3, -0.25) is 9.69 Å². The number of hydrogen-bond donors (Lipinski definition) is 1. The number of ether oxygens (including phenoxy) is 2. The number of amides is 1. The summed E-state index contributed by atoms with van der Waals surface area (Å²) in [5, 5.41) is 2.96. The number of anilines is 1. The molecule has 2 aromatic carbocycles. The zero-order chi connectivity index (χ0) is 19.4. The Hall–Kier alpha value is -2.53. The Labute approximate surface area is 161 Å². The van der Waals surface area contributed by atoms with Crippen LogP contribution in [-0.2, 0) is 16.8 Å². The highest BCUT2D eigenvalue weighted by Gasteiger charge is 2.15. The zero-order valence-corrected chi connectivity index (χ0v) is 16.5. The van der Waals surface area contributed by atoms with Crippen LogP contribution in [0.3, 0.4) is 0 Å². The van der Waals surface area contributed by atoms with Crippen molar-refractivity contribution in [3.63, 3.8) is 0 Å². The van der Waals surface area contributed by atoms with Gasteiger partial charge in [0.1, 0.15) is 13.2 Å². The van der Waals surface area contributed by atoms with Crippen LogP contribution in [0.15, 0.2) is 42.5 Å². The number of benzene rings is 2. The summed E-state index contributed by atoms with van der Waals surface area (Å²) in [5.41, 5.74) is 3.26. The van der Waals surface area contributed by atoms with Crippen LogP contribution in [0.2, 0.25) is 0 Å². The van der Waals surface area contributed by atoms with Crippen LogP contribution in [0, 0.1) is 0 Å². The van der Waals surface area contributed by atoms with Gasteiger partial charge in [0.2, 0.25) is 5.91 Å². The van der Waals surface area contributed by atoms with Crippen LogP contribution in [0.4, 0.5) is 5.69 Å². The minimum Gasteiger partial charge on any atom is -0.486 e. The highest BCUT2D eigenvalue weighted by atomic mass is 16.6. The number of likely N-dealkylation sites (N-methyl/N-ethyl adjacent to an activating group) is 1. The van der Waals surface area contributed by atoms with Gasteiger partial charge in [0.25, 0.3) is 0 Å². The normalized spacial score (nSPS) is 13.5. The summed E-state index contributed by atoms with van der Waals surface area (Å²) in [6.07, 6.45) is 0. The molecule has 0 fully saturated rings. The van der Waals surface area contributed by atoms with Crippen LogP contribution in [0.25, 0.3) is 0 Å². The Morgan fingerprint density at radius 1 is 1.04 bits per heavy atom. The molecule has 5 heteroatoms. The van der Waals surface area contributed by atoms with Gasteiger partial charge >= 0.3 is 0 Å². The van der Waals surface area contributed by atoms with Crippen LogP contribution < -0.4 is 14.8 Å². The van der Waals surface area contributed by atoms with Crippen LogP contribution >= 0.6 is 0 Å². The minimum atomic E-state index is -0.0291. The second kappa shape index (κ2) is 8.01. The van der Waals surface area contributed by atoms with Gasteiger partial charge in [-0.25, -0.2) is 0 Å². The second-order valence-corrected chi connectivity index (χ2v) is 8.03. The monoisotopic (exact) mass is 368 g/mol. The van der Waals surface area contributed by atoms with E-state index in [1.165, 1.54) is 5.56 Å². The Morgan fingerprint density at radius 2 is 1.70 bits per heavy atom. The van der Waals surface area contributed by atoms with Gasteiger partial charge in [-0.15, -0.1) is 0 Å². The Bertz CT molecular complexity index is 794. The number of carbonyl (C=O) groups excluding carboxylic acids is 1. The van der Waals surface area contributed by atoms with Crippen LogP contribution in [0.1, 0.15) is 31.9 Å². The van der Waals surface area contributed by atoms with Gasteiger partial charge < -0.3 is 14.8 Å². The van der Waals surface area contributed by atoms with Crippen LogP contribution in [-0.4, -0.2) is 37.6 Å². The van der Waals surface area contributed by atoms with Gasteiger partial charge in [0, 0.05) is 12.2 Å². The molecule has 2 aromatic rings. The lowest BCUT2D eigenvalue weighted by Crippen LogP contribution is -2.30. The number of hydrogen-bond acceptors (Lipinski definition) is 4. The average Bonchev–Trinajstić information content (AvgIpc) is 2.61. The Morgan fingerprint density at radius 3 is 2.37 bits per heavy atom. The molecule has 0 radical (unpaired) electrons. The molecule has 0 atom stereocenters. The van der Waals surface area contributed by atoms with Gasteiger partial charge in [0.15, 0.2) is 11.5 Å². The summed E-state index contributed by atoms with van der Waals surface area (Å²) in [6.45, 7) is 8.66. The van der Waals surface area contributed by atoms with E-state index in [0.29, 0.717) is 26.3 Å². The summed E-state index contributed by atoms with van der Waals surface area (Å²) in [6, 6.07) is 14.0. The molecule has 1 N–H and O–H groups in total. The molecule has 0 bridgehead atoms. The number of nitrogens with zero attached hydrogens (tertiary/aromatic N) is 1. The Balaban J connectivity index is 1.53. The third-order valence-electron chi connectivity index (χ3n) is 4.51. The smallest absolute Gasteiger partial charge is 0.238 e. The van der Waals surface area contributed by atoms with Crippen molar-refractivity contribution in [3.05, 3.63) is 53.6 Å². The van der Waals surface area contributed by atoms with Crippen molar-refractivity contribution in [2.24, 2.45) is 0 Å². The molecule has 0 saturated heterocycles. The third kappa shape index (κ3) is 5.23. The molecule has 1 aliphatic rings. The van der Waals surface area contributed by atoms with Gasteiger partial charge in [0.05, 0.1) is 6.54 Å². The van der Waals surface area contributed by atoms with Crippen molar-refractivity contribution < 1.29 is 14.3 Å². The average molecular weight is 368 g/mol. The number of fused-ring (bicyclic) bond motifs is 1. The molecule has 5 nitrogen and oxygen atoms in total. The fraction of sp³-hybridized carbons (Fsp3) is 0.409. The molecule has 0 aromatic heterocycles. The SMILES string of the molecule is CN(CC(=O)Nc1ccc(C(C)(C)C)cc1)Cc1ccc2c(c1)OCCO2. The molecule has 0 unspecified atom stereocenters. The molecular weight excluding hydrogens is 340 g/mol. The quantitative estimate of drug-likeness (QED) is 0.872. The minimum absolute atomic E-state index is 0.0291. The fourth-order valence-electron chi connectivity index (χ4n) is 3.05. The van der Waals surface area contributed by atoms with Crippen molar-refractivity contribution in [2.45, 2.75) is 32.7 Å². The maximum atomic E-state index is 12.3. The number of nitrogens with one attached hydrogen (secondary N) is 1. The zero-order valence-electron chi connectivity index (χ0n) is 16.5. The van der Waals surface area contributed by atoms with Crippen molar-refractivity contribution in [1.29, 1.82) is 0 Å². The first kappa shape index (κ1) is 19.2. The molecule has 27 heavy (non-hydrogen) atoms. The van der Waals surface area contributed by atoms with E-state index in [9.17, 15) is 4.79 Å². The topological polar surface area (TPSA) is 50.8 Å². The highest BCUT2D eigenvalue weighted by molar-refractivity contribution is 5.92. The lowest BCUT2D eigenvalue weighted by Gasteiger charge is -2.21. The number of carbonyl (C=O) groups is 1. The molecule has 0 aliphatic carbocycles. The first-order chi connectivity index (χ1) is 12.8. The summed E-state index contributed by atoms with van der Waals surface area (Å²) in [7, 11) is 1.93. The molecule has 1 amide bonds.